The van der Waals surface area contributed by atoms with Gasteiger partial charge in [0.25, 0.3) is 0 Å². The Bertz CT molecular complexity index is 288. The summed E-state index contributed by atoms with van der Waals surface area (Å²) in [6, 6.07) is 0. The number of hydrogen-bond donors (Lipinski definition) is 2. The Kier molecular flexibility index (Phi) is 4.93. The van der Waals surface area contributed by atoms with Crippen molar-refractivity contribution in [2.24, 2.45) is 0 Å². The van der Waals surface area contributed by atoms with Gasteiger partial charge in [-0.3, -0.25) is 9.59 Å². The molecule has 0 aromatic heterocycles. The molecule has 0 unspecified atom stereocenters. The van der Waals surface area contributed by atoms with Gasteiger partial charge in [0.15, 0.2) is 0 Å². The lowest BCUT2D eigenvalue weighted by Gasteiger charge is -2.19. The van der Waals surface area contributed by atoms with Crippen molar-refractivity contribution in [3.63, 3.8) is 0 Å². The van der Waals surface area contributed by atoms with Crippen LogP contribution < -0.4 is 0 Å². The van der Waals surface area contributed by atoms with Gasteiger partial charge in [0.1, 0.15) is 0 Å². The first-order chi connectivity index (χ1) is 7.25. The van der Waals surface area contributed by atoms with Gasteiger partial charge in [-0.2, -0.15) is 0 Å². The molecule has 0 radical (unpaired) electrons. The molecule has 2 atom stereocenters. The molecule has 0 aromatic carbocycles. The third kappa shape index (κ3) is 4.40. The molecule has 0 fully saturated rings. The molecule has 0 spiro atoms. The Balaban J connectivity index is 4.93. The van der Waals surface area contributed by atoms with E-state index in [-0.39, 0.29) is 0 Å². The van der Waals surface area contributed by atoms with Crippen LogP contribution in [0.5, 0.6) is 0 Å². The first-order valence-corrected chi connectivity index (χ1v) is 4.05. The maximum absolute atomic E-state index is 10.6. The fourth-order valence-electron chi connectivity index (χ4n) is 0.841. The van der Waals surface area contributed by atoms with E-state index in [4.69, 9.17) is 10.2 Å². The fourth-order valence-corrected chi connectivity index (χ4v) is 0.841. The van der Waals surface area contributed by atoms with Crippen molar-refractivity contribution in [1.29, 1.82) is 0 Å². The van der Waals surface area contributed by atoms with Crippen LogP contribution in [0.25, 0.3) is 0 Å². The number of esters is 2. The zero-order chi connectivity index (χ0) is 12.9. The van der Waals surface area contributed by atoms with E-state index in [0.717, 1.165) is 13.8 Å². The molecule has 0 rings (SSSR count). The van der Waals surface area contributed by atoms with Crippen LogP contribution >= 0.6 is 0 Å². The lowest BCUT2D eigenvalue weighted by Crippen LogP contribution is -2.45. The standard InChI is InChI=1S/C8H10O8/c1-3(9)15-5(7(11)12)6(8(13)14)16-4(2)10/h5-6H,1-2H3,(H,11,12)(H,13,14)/t5-,6-/m0/s1. The molecule has 8 nitrogen and oxygen atoms in total. The Labute approximate surface area is 89.8 Å². The molecule has 0 saturated carbocycles. The number of rotatable bonds is 5. The zero-order valence-corrected chi connectivity index (χ0v) is 8.50. The van der Waals surface area contributed by atoms with Crippen LogP contribution in [-0.4, -0.2) is 46.3 Å². The molecule has 2 N–H and O–H groups in total. The number of hydrogen-bond acceptors (Lipinski definition) is 6. The Morgan fingerprint density at radius 1 is 0.812 bits per heavy atom. The van der Waals surface area contributed by atoms with E-state index in [1.54, 1.807) is 0 Å². The highest BCUT2D eigenvalue weighted by Crippen LogP contribution is 2.07. The van der Waals surface area contributed by atoms with Crippen LogP contribution in [0.1, 0.15) is 13.8 Å². The third-order valence-corrected chi connectivity index (χ3v) is 1.35. The summed E-state index contributed by atoms with van der Waals surface area (Å²) >= 11 is 0. The SMILES string of the molecule is CC(=O)O[C@H](C(=O)O)[C@H](OC(C)=O)C(=O)O. The molecular weight excluding hydrogens is 224 g/mol. The number of aliphatic carboxylic acids is 2. The van der Waals surface area contributed by atoms with Gasteiger partial charge in [0.05, 0.1) is 0 Å². The van der Waals surface area contributed by atoms with Crippen molar-refractivity contribution in [2.45, 2.75) is 26.1 Å². The molecule has 0 saturated heterocycles. The minimum atomic E-state index is -2.07. The monoisotopic (exact) mass is 234 g/mol. The average Bonchev–Trinajstić information content (AvgIpc) is 2.09. The smallest absolute Gasteiger partial charge is 0.349 e. The molecule has 0 heterocycles. The summed E-state index contributed by atoms with van der Waals surface area (Å²) in [5, 5.41) is 17.2. The van der Waals surface area contributed by atoms with E-state index >= 15 is 0 Å². The lowest BCUT2D eigenvalue weighted by molar-refractivity contribution is -0.185. The van der Waals surface area contributed by atoms with Gasteiger partial charge in [0, 0.05) is 13.8 Å². The summed E-state index contributed by atoms with van der Waals surface area (Å²) < 4.78 is 8.48. The fraction of sp³-hybridized carbons (Fsp3) is 0.500. The molecule has 0 aliphatic heterocycles. The summed E-state index contributed by atoms with van der Waals surface area (Å²) in [6.45, 7) is 1.81. The van der Waals surface area contributed by atoms with E-state index in [1.165, 1.54) is 0 Å². The van der Waals surface area contributed by atoms with E-state index < -0.39 is 36.1 Å². The van der Waals surface area contributed by atoms with Crippen molar-refractivity contribution in [1.82, 2.24) is 0 Å². The molecule has 16 heavy (non-hydrogen) atoms. The summed E-state index contributed by atoms with van der Waals surface area (Å²) in [7, 11) is 0. The number of carbonyl (C=O) groups excluding carboxylic acids is 2. The summed E-state index contributed by atoms with van der Waals surface area (Å²) in [5.41, 5.74) is 0. The van der Waals surface area contributed by atoms with E-state index in [0.29, 0.717) is 0 Å². The van der Waals surface area contributed by atoms with Gasteiger partial charge in [-0.1, -0.05) is 0 Å². The molecule has 8 heteroatoms. The van der Waals surface area contributed by atoms with Gasteiger partial charge < -0.3 is 19.7 Å². The highest BCUT2D eigenvalue weighted by molar-refractivity contribution is 5.87. The molecule has 0 aliphatic rings. The Morgan fingerprint density at radius 3 is 1.19 bits per heavy atom. The summed E-state index contributed by atoms with van der Waals surface area (Å²) in [6.07, 6.45) is -4.14. The van der Waals surface area contributed by atoms with Crippen molar-refractivity contribution in [3.05, 3.63) is 0 Å². The number of carbonyl (C=O) groups is 4. The predicted octanol–water partition coefficient (Wildman–Crippen LogP) is -0.981. The number of carboxylic acid groups (broad SMARTS) is 2. The maximum atomic E-state index is 10.6. The molecule has 0 aromatic rings. The number of ether oxygens (including phenoxy) is 2. The Morgan fingerprint density at radius 2 is 1.06 bits per heavy atom. The average molecular weight is 234 g/mol. The van der Waals surface area contributed by atoms with Gasteiger partial charge in [-0.25, -0.2) is 9.59 Å². The van der Waals surface area contributed by atoms with Crippen LogP contribution in [0.2, 0.25) is 0 Å². The summed E-state index contributed by atoms with van der Waals surface area (Å²) in [5.74, 6) is -5.43. The van der Waals surface area contributed by atoms with Crippen molar-refractivity contribution >= 4 is 23.9 Å². The normalized spacial score (nSPS) is 13.4. The van der Waals surface area contributed by atoms with Crippen LogP contribution in [-0.2, 0) is 28.7 Å². The quantitative estimate of drug-likeness (QED) is 0.581. The van der Waals surface area contributed by atoms with E-state index in [9.17, 15) is 19.2 Å². The van der Waals surface area contributed by atoms with Crippen molar-refractivity contribution < 1.29 is 38.9 Å². The lowest BCUT2D eigenvalue weighted by atomic mass is 10.2. The molecular formula is C8H10O8. The second-order valence-electron chi connectivity index (χ2n) is 2.74. The van der Waals surface area contributed by atoms with E-state index in [1.807, 2.05) is 0 Å². The van der Waals surface area contributed by atoms with E-state index in [2.05, 4.69) is 9.47 Å². The zero-order valence-electron chi connectivity index (χ0n) is 8.50. The van der Waals surface area contributed by atoms with Crippen molar-refractivity contribution in [3.8, 4) is 0 Å². The Hall–Kier alpha value is -2.12. The van der Waals surface area contributed by atoms with Crippen LogP contribution in [0.4, 0.5) is 0 Å². The second kappa shape index (κ2) is 5.69. The maximum Gasteiger partial charge on any atom is 0.349 e. The third-order valence-electron chi connectivity index (χ3n) is 1.35. The minimum absolute atomic E-state index is 0.905. The van der Waals surface area contributed by atoms with Crippen LogP contribution in [0.3, 0.4) is 0 Å². The highest BCUT2D eigenvalue weighted by atomic mass is 16.6. The summed E-state index contributed by atoms with van der Waals surface area (Å²) in [4.78, 5) is 42.4. The van der Waals surface area contributed by atoms with Gasteiger partial charge in [-0.15, -0.1) is 0 Å². The molecule has 0 amide bonds. The predicted molar refractivity (Wildman–Crippen MR) is 46.4 cm³/mol. The molecule has 0 aliphatic carbocycles. The molecule has 90 valence electrons. The first-order valence-electron chi connectivity index (χ1n) is 4.05. The van der Waals surface area contributed by atoms with Crippen LogP contribution in [0.15, 0.2) is 0 Å². The largest absolute Gasteiger partial charge is 0.478 e. The van der Waals surface area contributed by atoms with Gasteiger partial charge in [0.2, 0.25) is 12.2 Å². The molecule has 0 bridgehead atoms. The number of carboxylic acids is 2. The topological polar surface area (TPSA) is 127 Å². The minimum Gasteiger partial charge on any atom is -0.478 e. The second-order valence-corrected chi connectivity index (χ2v) is 2.74. The van der Waals surface area contributed by atoms with Crippen LogP contribution in [0, 0.1) is 0 Å². The highest BCUT2D eigenvalue weighted by Gasteiger charge is 2.39. The van der Waals surface area contributed by atoms with Gasteiger partial charge >= 0.3 is 23.9 Å². The van der Waals surface area contributed by atoms with Crippen molar-refractivity contribution in [2.75, 3.05) is 0 Å². The first kappa shape index (κ1) is 13.9. The van der Waals surface area contributed by atoms with Gasteiger partial charge in [-0.05, 0) is 0 Å².